The maximum absolute atomic E-state index is 12.7. The number of carbonyl (C=O) groups is 3. The third-order valence-corrected chi connectivity index (χ3v) is 6.13. The Morgan fingerprint density at radius 2 is 1.80 bits per heavy atom. The van der Waals surface area contributed by atoms with Crippen LogP contribution in [-0.2, 0) is 17.6 Å². The SMILES string of the molecule is CN(C(=O)c1cccs1)c1ccccc1C(=O)OCC(=O)c1ccc2c(c1)CCC2. The van der Waals surface area contributed by atoms with E-state index in [1.165, 1.54) is 27.4 Å². The van der Waals surface area contributed by atoms with Crippen LogP contribution in [0.1, 0.15) is 47.9 Å². The molecule has 0 N–H and O–H groups in total. The van der Waals surface area contributed by atoms with E-state index in [1.54, 1.807) is 49.5 Å². The number of benzene rings is 2. The fraction of sp³-hybridized carbons (Fsp3) is 0.208. The Morgan fingerprint density at radius 1 is 1.00 bits per heavy atom. The Bertz CT molecular complexity index is 1100. The van der Waals surface area contributed by atoms with Gasteiger partial charge in [0.1, 0.15) is 0 Å². The zero-order valence-corrected chi connectivity index (χ0v) is 17.4. The number of hydrogen-bond donors (Lipinski definition) is 0. The number of amides is 1. The molecule has 2 aromatic carbocycles. The first-order valence-corrected chi connectivity index (χ1v) is 10.7. The molecule has 0 aliphatic heterocycles. The second-order valence-electron chi connectivity index (χ2n) is 7.19. The van der Waals surface area contributed by atoms with Gasteiger partial charge in [-0.3, -0.25) is 9.59 Å². The highest BCUT2D eigenvalue weighted by Crippen LogP contribution is 2.25. The predicted octanol–water partition coefficient (Wildman–Crippen LogP) is 4.55. The lowest BCUT2D eigenvalue weighted by molar-refractivity contribution is 0.0475. The van der Waals surface area contributed by atoms with Crippen LogP contribution < -0.4 is 4.90 Å². The van der Waals surface area contributed by atoms with Crippen molar-refractivity contribution in [2.45, 2.75) is 19.3 Å². The first-order valence-electron chi connectivity index (χ1n) is 9.77. The van der Waals surface area contributed by atoms with Crippen molar-refractivity contribution in [2.75, 3.05) is 18.6 Å². The number of hydrogen-bond acceptors (Lipinski definition) is 5. The molecule has 0 unspecified atom stereocenters. The molecule has 1 heterocycles. The van der Waals surface area contributed by atoms with E-state index in [9.17, 15) is 14.4 Å². The van der Waals surface area contributed by atoms with Crippen LogP contribution in [0.4, 0.5) is 5.69 Å². The fourth-order valence-corrected chi connectivity index (χ4v) is 4.35. The molecule has 6 heteroatoms. The Morgan fingerprint density at radius 3 is 2.60 bits per heavy atom. The van der Waals surface area contributed by atoms with E-state index < -0.39 is 5.97 Å². The van der Waals surface area contributed by atoms with E-state index in [1.807, 2.05) is 17.5 Å². The summed E-state index contributed by atoms with van der Waals surface area (Å²) >= 11 is 1.34. The molecule has 5 nitrogen and oxygen atoms in total. The van der Waals surface area contributed by atoms with Gasteiger partial charge in [0.05, 0.1) is 16.1 Å². The number of Topliss-reactive ketones (excluding diaryl/α,β-unsaturated/α-hetero) is 1. The molecule has 0 saturated heterocycles. The maximum atomic E-state index is 12.7. The highest BCUT2D eigenvalue weighted by atomic mass is 32.1. The second-order valence-corrected chi connectivity index (χ2v) is 8.14. The lowest BCUT2D eigenvalue weighted by Crippen LogP contribution is -2.27. The number of para-hydroxylation sites is 1. The molecule has 1 aromatic heterocycles. The van der Waals surface area contributed by atoms with Gasteiger partial charge in [0.15, 0.2) is 12.4 Å². The normalized spacial score (nSPS) is 12.3. The van der Waals surface area contributed by atoms with Crippen molar-refractivity contribution in [3.8, 4) is 0 Å². The van der Waals surface area contributed by atoms with Gasteiger partial charge >= 0.3 is 5.97 Å². The molecule has 4 rings (SSSR count). The Labute approximate surface area is 178 Å². The molecule has 0 atom stereocenters. The minimum atomic E-state index is -0.633. The number of aryl methyl sites for hydroxylation is 2. The van der Waals surface area contributed by atoms with Crippen LogP contribution in [0.2, 0.25) is 0 Å². The summed E-state index contributed by atoms with van der Waals surface area (Å²) in [7, 11) is 1.61. The zero-order valence-electron chi connectivity index (χ0n) is 16.6. The summed E-state index contributed by atoms with van der Waals surface area (Å²) in [6, 6.07) is 15.9. The number of carbonyl (C=O) groups excluding carboxylic acids is 3. The van der Waals surface area contributed by atoms with Crippen LogP contribution >= 0.6 is 11.3 Å². The molecule has 0 fully saturated rings. The van der Waals surface area contributed by atoms with Gasteiger partial charge in [-0.05, 0) is 60.0 Å². The molecule has 3 aromatic rings. The van der Waals surface area contributed by atoms with E-state index in [-0.39, 0.29) is 23.9 Å². The molecule has 0 radical (unpaired) electrons. The standard InChI is InChI=1S/C24H21NO4S/c1-25(23(27)22-10-5-13-30-22)20-9-3-2-8-19(20)24(28)29-15-21(26)18-12-11-16-6-4-7-17(16)14-18/h2-3,5,8-14H,4,6-7,15H2,1H3. The van der Waals surface area contributed by atoms with Crippen molar-refractivity contribution >= 4 is 34.7 Å². The minimum Gasteiger partial charge on any atom is -0.454 e. The number of esters is 1. The highest BCUT2D eigenvalue weighted by Gasteiger charge is 2.22. The van der Waals surface area contributed by atoms with E-state index in [4.69, 9.17) is 4.74 Å². The van der Waals surface area contributed by atoms with Crippen molar-refractivity contribution < 1.29 is 19.1 Å². The van der Waals surface area contributed by atoms with Crippen molar-refractivity contribution in [3.63, 3.8) is 0 Å². The first-order chi connectivity index (χ1) is 14.5. The average Bonchev–Trinajstić information content (AvgIpc) is 3.47. The number of ketones is 1. The van der Waals surface area contributed by atoms with Gasteiger partial charge < -0.3 is 9.64 Å². The zero-order chi connectivity index (χ0) is 21.1. The van der Waals surface area contributed by atoms with Crippen LogP contribution in [0.25, 0.3) is 0 Å². The molecule has 1 aliphatic carbocycles. The largest absolute Gasteiger partial charge is 0.454 e. The van der Waals surface area contributed by atoms with Gasteiger partial charge in [0.25, 0.3) is 5.91 Å². The number of thiophene rings is 1. The average molecular weight is 420 g/mol. The van der Waals surface area contributed by atoms with Gasteiger partial charge in [-0.15, -0.1) is 11.3 Å². The Hall–Kier alpha value is -3.25. The number of fused-ring (bicyclic) bond motifs is 1. The van der Waals surface area contributed by atoms with E-state index in [0.29, 0.717) is 16.1 Å². The van der Waals surface area contributed by atoms with Crippen molar-refractivity contribution in [1.29, 1.82) is 0 Å². The summed E-state index contributed by atoms with van der Waals surface area (Å²) in [5, 5.41) is 1.83. The topological polar surface area (TPSA) is 63.7 Å². The number of ether oxygens (including phenoxy) is 1. The van der Waals surface area contributed by atoms with Gasteiger partial charge in [0.2, 0.25) is 0 Å². The second kappa shape index (κ2) is 8.63. The third-order valence-electron chi connectivity index (χ3n) is 5.28. The fourth-order valence-electron chi connectivity index (χ4n) is 3.65. The van der Waals surface area contributed by atoms with Crippen molar-refractivity contribution in [2.24, 2.45) is 0 Å². The molecular weight excluding hydrogens is 398 g/mol. The number of rotatable bonds is 6. The highest BCUT2D eigenvalue weighted by molar-refractivity contribution is 7.12. The summed E-state index contributed by atoms with van der Waals surface area (Å²) in [5.41, 5.74) is 3.72. The summed E-state index contributed by atoms with van der Waals surface area (Å²) in [5.74, 6) is -1.08. The summed E-state index contributed by atoms with van der Waals surface area (Å²) < 4.78 is 5.30. The molecule has 152 valence electrons. The maximum Gasteiger partial charge on any atom is 0.340 e. The summed E-state index contributed by atoms with van der Waals surface area (Å²) in [6.07, 6.45) is 3.14. The Balaban J connectivity index is 1.46. The number of anilines is 1. The van der Waals surface area contributed by atoms with Crippen LogP contribution in [0.15, 0.2) is 60.0 Å². The molecule has 1 aliphatic rings. The summed E-state index contributed by atoms with van der Waals surface area (Å²) in [4.78, 5) is 39.9. The van der Waals surface area contributed by atoms with E-state index in [2.05, 4.69) is 0 Å². The van der Waals surface area contributed by atoms with E-state index in [0.717, 1.165) is 19.3 Å². The third kappa shape index (κ3) is 4.04. The van der Waals surface area contributed by atoms with Crippen LogP contribution in [0.3, 0.4) is 0 Å². The summed E-state index contributed by atoms with van der Waals surface area (Å²) in [6.45, 7) is -0.339. The minimum absolute atomic E-state index is 0.209. The van der Waals surface area contributed by atoms with E-state index >= 15 is 0 Å². The molecular formula is C24H21NO4S. The molecule has 30 heavy (non-hydrogen) atoms. The molecule has 0 bridgehead atoms. The molecule has 0 saturated carbocycles. The Kier molecular flexibility index (Phi) is 5.77. The van der Waals surface area contributed by atoms with Crippen LogP contribution in [0.5, 0.6) is 0 Å². The van der Waals surface area contributed by atoms with Gasteiger partial charge in [0, 0.05) is 12.6 Å². The predicted molar refractivity (Wildman–Crippen MR) is 117 cm³/mol. The van der Waals surface area contributed by atoms with Gasteiger partial charge in [-0.25, -0.2) is 4.79 Å². The monoisotopic (exact) mass is 419 g/mol. The van der Waals surface area contributed by atoms with Crippen LogP contribution in [0, 0.1) is 0 Å². The van der Waals surface area contributed by atoms with Gasteiger partial charge in [-0.1, -0.05) is 30.3 Å². The lowest BCUT2D eigenvalue weighted by Gasteiger charge is -2.19. The quantitative estimate of drug-likeness (QED) is 0.434. The smallest absolute Gasteiger partial charge is 0.340 e. The van der Waals surface area contributed by atoms with Crippen molar-refractivity contribution in [1.82, 2.24) is 0 Å². The molecule has 1 amide bonds. The molecule has 0 spiro atoms. The van der Waals surface area contributed by atoms with Crippen LogP contribution in [-0.4, -0.2) is 31.3 Å². The first kappa shape index (κ1) is 20.0. The lowest BCUT2D eigenvalue weighted by atomic mass is 10.0. The number of nitrogens with zero attached hydrogens (tertiary/aromatic N) is 1. The van der Waals surface area contributed by atoms with Gasteiger partial charge in [-0.2, -0.15) is 0 Å². The van der Waals surface area contributed by atoms with Crippen molar-refractivity contribution in [3.05, 3.63) is 87.1 Å².